The second-order valence-corrected chi connectivity index (χ2v) is 8.45. The molecule has 0 bridgehead atoms. The van der Waals surface area contributed by atoms with Crippen molar-refractivity contribution >= 4 is 41.9 Å². The summed E-state index contributed by atoms with van der Waals surface area (Å²) in [4.78, 5) is -0.328. The molecule has 0 radical (unpaired) electrons. The molecule has 1 aromatic rings. The predicted molar refractivity (Wildman–Crippen MR) is 81.5 cm³/mol. The van der Waals surface area contributed by atoms with Crippen LogP contribution in [0.25, 0.3) is 0 Å². The van der Waals surface area contributed by atoms with E-state index in [0.29, 0.717) is 4.47 Å². The number of sulfonamides is 1. The number of benzene rings is 1. The maximum atomic E-state index is 13.7. The standard InChI is InChI=1S/C12H16Br2FNO2S/c1-12(2,5-6-13)8-16-19(17,18)11-4-3-9(14)7-10(11)15/h3-4,7,16H,5-6,8H2,1-2H3. The van der Waals surface area contributed by atoms with Crippen molar-refractivity contribution in [2.75, 3.05) is 11.9 Å². The zero-order valence-corrected chi connectivity index (χ0v) is 14.7. The third-order valence-electron chi connectivity index (χ3n) is 2.70. The summed E-state index contributed by atoms with van der Waals surface area (Å²) in [5.41, 5.74) is -0.192. The lowest BCUT2D eigenvalue weighted by Crippen LogP contribution is -2.34. The molecule has 0 saturated heterocycles. The molecular weight excluding hydrogens is 401 g/mol. The van der Waals surface area contributed by atoms with Gasteiger partial charge in [-0.25, -0.2) is 17.5 Å². The van der Waals surface area contributed by atoms with Crippen molar-refractivity contribution in [1.29, 1.82) is 0 Å². The SMILES string of the molecule is CC(C)(CCBr)CNS(=O)(=O)c1ccc(Br)cc1F. The zero-order valence-electron chi connectivity index (χ0n) is 10.7. The third kappa shape index (κ3) is 5.13. The van der Waals surface area contributed by atoms with E-state index in [4.69, 9.17) is 0 Å². The van der Waals surface area contributed by atoms with E-state index < -0.39 is 15.8 Å². The molecule has 0 aliphatic heterocycles. The maximum absolute atomic E-state index is 13.7. The molecule has 0 aromatic heterocycles. The smallest absolute Gasteiger partial charge is 0.211 e. The van der Waals surface area contributed by atoms with Gasteiger partial charge in [-0.05, 0) is 30.0 Å². The molecule has 0 fully saturated rings. The minimum atomic E-state index is -3.82. The number of rotatable bonds is 6. The lowest BCUT2D eigenvalue weighted by molar-refractivity contribution is 0.354. The monoisotopic (exact) mass is 415 g/mol. The van der Waals surface area contributed by atoms with Gasteiger partial charge in [0.25, 0.3) is 0 Å². The van der Waals surface area contributed by atoms with Crippen LogP contribution in [0.1, 0.15) is 20.3 Å². The van der Waals surface area contributed by atoms with Gasteiger partial charge in [0.15, 0.2) is 0 Å². The lowest BCUT2D eigenvalue weighted by Gasteiger charge is -2.23. The van der Waals surface area contributed by atoms with Crippen LogP contribution in [-0.2, 0) is 10.0 Å². The molecular formula is C12H16Br2FNO2S. The summed E-state index contributed by atoms with van der Waals surface area (Å²) < 4.78 is 40.7. The molecule has 108 valence electrons. The molecule has 0 amide bonds. The van der Waals surface area contributed by atoms with Crippen LogP contribution in [0, 0.1) is 11.2 Å². The highest BCUT2D eigenvalue weighted by Gasteiger charge is 2.24. The number of nitrogens with one attached hydrogen (secondary N) is 1. The van der Waals surface area contributed by atoms with Gasteiger partial charge < -0.3 is 0 Å². The van der Waals surface area contributed by atoms with Crippen molar-refractivity contribution in [2.24, 2.45) is 5.41 Å². The van der Waals surface area contributed by atoms with Crippen molar-refractivity contribution in [3.05, 3.63) is 28.5 Å². The topological polar surface area (TPSA) is 46.2 Å². The molecule has 1 rings (SSSR count). The predicted octanol–water partition coefficient (Wildman–Crippen LogP) is 3.68. The zero-order chi connectivity index (χ0) is 14.7. The van der Waals surface area contributed by atoms with Gasteiger partial charge in [-0.1, -0.05) is 45.7 Å². The molecule has 0 spiro atoms. The van der Waals surface area contributed by atoms with E-state index in [0.717, 1.165) is 17.8 Å². The Balaban J connectivity index is 2.87. The average Bonchev–Trinajstić information content (AvgIpc) is 2.26. The highest BCUT2D eigenvalue weighted by Crippen LogP contribution is 2.23. The Morgan fingerprint density at radius 2 is 2.00 bits per heavy atom. The summed E-state index contributed by atoms with van der Waals surface area (Å²) >= 11 is 6.42. The summed E-state index contributed by atoms with van der Waals surface area (Å²) in [5.74, 6) is -0.764. The van der Waals surface area contributed by atoms with Crippen LogP contribution in [0.15, 0.2) is 27.6 Å². The largest absolute Gasteiger partial charge is 0.243 e. The van der Waals surface area contributed by atoms with Gasteiger partial charge >= 0.3 is 0 Å². The Bertz CT molecular complexity index is 547. The Morgan fingerprint density at radius 3 is 2.53 bits per heavy atom. The number of hydrogen-bond acceptors (Lipinski definition) is 2. The average molecular weight is 417 g/mol. The highest BCUT2D eigenvalue weighted by atomic mass is 79.9. The molecule has 0 aliphatic rings. The van der Waals surface area contributed by atoms with Crippen molar-refractivity contribution in [3.63, 3.8) is 0 Å². The fraction of sp³-hybridized carbons (Fsp3) is 0.500. The molecule has 1 N–H and O–H groups in total. The summed E-state index contributed by atoms with van der Waals surface area (Å²) in [6.45, 7) is 4.17. The molecule has 0 atom stereocenters. The maximum Gasteiger partial charge on any atom is 0.243 e. The van der Waals surface area contributed by atoms with E-state index in [2.05, 4.69) is 36.6 Å². The van der Waals surface area contributed by atoms with Crippen molar-refractivity contribution in [3.8, 4) is 0 Å². The first-order valence-electron chi connectivity index (χ1n) is 5.69. The van der Waals surface area contributed by atoms with E-state index >= 15 is 0 Å². The lowest BCUT2D eigenvalue weighted by atomic mass is 9.91. The fourth-order valence-corrected chi connectivity index (χ4v) is 4.11. The number of alkyl halides is 1. The normalized spacial score (nSPS) is 12.7. The Labute approximate surface area is 130 Å². The second-order valence-electron chi connectivity index (χ2n) is 5.00. The first-order valence-corrected chi connectivity index (χ1v) is 9.08. The van der Waals surface area contributed by atoms with Gasteiger partial charge in [0, 0.05) is 16.3 Å². The molecule has 3 nitrogen and oxygen atoms in total. The van der Waals surface area contributed by atoms with Crippen LogP contribution in [-0.4, -0.2) is 20.3 Å². The van der Waals surface area contributed by atoms with E-state index in [-0.39, 0.29) is 16.9 Å². The van der Waals surface area contributed by atoms with Gasteiger partial charge in [-0.3, -0.25) is 0 Å². The van der Waals surface area contributed by atoms with Crippen molar-refractivity contribution in [1.82, 2.24) is 4.72 Å². The van der Waals surface area contributed by atoms with E-state index in [9.17, 15) is 12.8 Å². The third-order valence-corrected chi connectivity index (χ3v) is 5.02. The summed E-state index contributed by atoms with van der Waals surface area (Å²) in [6, 6.07) is 3.89. The Hall–Kier alpha value is 0.0200. The second kappa shape index (κ2) is 6.65. The molecule has 0 saturated carbocycles. The van der Waals surface area contributed by atoms with Crippen LogP contribution in [0.4, 0.5) is 4.39 Å². The number of hydrogen-bond donors (Lipinski definition) is 1. The van der Waals surface area contributed by atoms with Crippen LogP contribution in [0.2, 0.25) is 0 Å². The molecule has 0 heterocycles. The quantitative estimate of drug-likeness (QED) is 0.719. The molecule has 0 aliphatic carbocycles. The van der Waals surface area contributed by atoms with Gasteiger partial charge in [-0.15, -0.1) is 0 Å². The van der Waals surface area contributed by atoms with Gasteiger partial charge in [0.1, 0.15) is 10.7 Å². The number of halogens is 3. The van der Waals surface area contributed by atoms with Crippen LogP contribution in [0.3, 0.4) is 0 Å². The minimum Gasteiger partial charge on any atom is -0.211 e. The fourth-order valence-electron chi connectivity index (χ4n) is 1.41. The van der Waals surface area contributed by atoms with E-state index in [1.807, 2.05) is 13.8 Å². The molecule has 1 aromatic carbocycles. The van der Waals surface area contributed by atoms with Gasteiger partial charge in [-0.2, -0.15) is 0 Å². The Kier molecular flexibility index (Phi) is 5.97. The highest BCUT2D eigenvalue weighted by molar-refractivity contribution is 9.10. The van der Waals surface area contributed by atoms with E-state index in [1.54, 1.807) is 0 Å². The Morgan fingerprint density at radius 1 is 1.37 bits per heavy atom. The van der Waals surface area contributed by atoms with Crippen molar-refractivity contribution < 1.29 is 12.8 Å². The molecule has 7 heteroatoms. The van der Waals surface area contributed by atoms with Gasteiger partial charge in [0.05, 0.1) is 0 Å². The summed E-state index contributed by atoms with van der Waals surface area (Å²) in [6.07, 6.45) is 0.818. The summed E-state index contributed by atoms with van der Waals surface area (Å²) in [5, 5.41) is 0.786. The van der Waals surface area contributed by atoms with Crippen LogP contribution in [0.5, 0.6) is 0 Å². The first kappa shape index (κ1) is 17.1. The van der Waals surface area contributed by atoms with Gasteiger partial charge in [0.2, 0.25) is 10.0 Å². The van der Waals surface area contributed by atoms with E-state index in [1.165, 1.54) is 12.1 Å². The van der Waals surface area contributed by atoms with Crippen LogP contribution < -0.4 is 4.72 Å². The first-order chi connectivity index (χ1) is 8.68. The molecule has 0 unspecified atom stereocenters. The van der Waals surface area contributed by atoms with Crippen molar-refractivity contribution in [2.45, 2.75) is 25.2 Å². The molecule has 19 heavy (non-hydrogen) atoms. The minimum absolute atomic E-state index is 0.192. The van der Waals surface area contributed by atoms with Crippen LogP contribution >= 0.6 is 31.9 Å². The summed E-state index contributed by atoms with van der Waals surface area (Å²) in [7, 11) is -3.82.